The van der Waals surface area contributed by atoms with Crippen LogP contribution in [-0.2, 0) is 13.0 Å². The third-order valence-electron chi connectivity index (χ3n) is 23.7. The number of allylic oxidation sites excluding steroid dienone is 1. The Balaban J connectivity index is 0.664. The lowest BCUT2D eigenvalue weighted by Crippen LogP contribution is -2.10. The maximum Gasteiger partial charge on any atom is 0.0543 e. The predicted octanol–water partition coefficient (Wildman–Crippen LogP) is 29.3. The van der Waals surface area contributed by atoms with Crippen molar-refractivity contribution in [3.63, 3.8) is 0 Å². The van der Waals surface area contributed by atoms with E-state index in [1.54, 1.807) is 0 Å². The predicted molar refractivity (Wildman–Crippen MR) is 485 cm³/mol. The van der Waals surface area contributed by atoms with E-state index in [4.69, 9.17) is 0 Å². The first kappa shape index (κ1) is 66.1. The second-order valence-corrected chi connectivity index (χ2v) is 29.9. The van der Waals surface area contributed by atoms with Crippen LogP contribution in [0.3, 0.4) is 0 Å². The Labute approximate surface area is 660 Å². The number of anilines is 9. The fraction of sp³-hybridized carbons (Fsp3) is 0.0280. The summed E-state index contributed by atoms with van der Waals surface area (Å²) in [6.45, 7) is 7.14. The van der Waals surface area contributed by atoms with Gasteiger partial charge in [-0.2, -0.15) is 0 Å². The Morgan fingerprint density at radius 2 is 0.684 bits per heavy atom. The molecule has 0 N–H and O–H groups in total. The minimum atomic E-state index is 0.736. The highest BCUT2D eigenvalue weighted by Gasteiger charge is 2.26. The molecule has 0 aliphatic rings. The van der Waals surface area contributed by atoms with E-state index in [1.807, 2.05) is 6.08 Å². The summed E-state index contributed by atoms with van der Waals surface area (Å²) >= 11 is 0. The van der Waals surface area contributed by atoms with Gasteiger partial charge in [-0.1, -0.05) is 225 Å². The van der Waals surface area contributed by atoms with E-state index in [-0.39, 0.29) is 0 Å². The topological polar surface area (TPSA) is 29.4 Å². The molecule has 114 heavy (non-hydrogen) atoms. The van der Waals surface area contributed by atoms with Crippen molar-refractivity contribution >= 4 is 183 Å². The van der Waals surface area contributed by atoms with E-state index in [0.717, 1.165) is 104 Å². The van der Waals surface area contributed by atoms with Crippen LogP contribution in [0.2, 0.25) is 0 Å². The van der Waals surface area contributed by atoms with Crippen molar-refractivity contribution < 1.29 is 0 Å². The molecule has 0 aliphatic heterocycles. The number of fused-ring (bicyclic) bond motifs is 11. The van der Waals surface area contributed by atoms with Gasteiger partial charge in [-0.05, 0) is 233 Å². The number of aryl methyl sites for hydroxylation is 2. The second-order valence-electron chi connectivity index (χ2n) is 29.9. The highest BCUT2D eigenvalue weighted by atomic mass is 15.2. The molecule has 0 aliphatic carbocycles. The van der Waals surface area contributed by atoms with Gasteiger partial charge in [-0.25, -0.2) is 0 Å². The Hall–Kier alpha value is -14.9. The summed E-state index contributed by atoms with van der Waals surface area (Å²) in [7, 11) is 0. The molecule has 7 heteroatoms. The SMILES string of the molecule is C=Cc1c(/C=C\C)c2ccccc2n1-c1ccc(N(c2ccc(-n3c4ccccc4c4ccccc43)cc2)c2ccc(-n3c4ccccc4c4c(CCn5c6ccc(N(c7ccccc7)c7cccc8ccccc78)cc6c6cc(N(c7ccccc7)c7ccc8ccc9cccc%10ccc7c8c9%10)ccc65)cccc43)cc2)cc1. The van der Waals surface area contributed by atoms with Crippen LogP contribution in [-0.4, -0.2) is 18.3 Å². The molecule has 0 fully saturated rings. The average molecular weight is 1460 g/mol. The lowest BCUT2D eigenvalue weighted by Gasteiger charge is -2.28. The van der Waals surface area contributed by atoms with Crippen LogP contribution < -0.4 is 14.7 Å². The smallest absolute Gasteiger partial charge is 0.0543 e. The third kappa shape index (κ3) is 10.6. The van der Waals surface area contributed by atoms with E-state index in [9.17, 15) is 0 Å². The number of nitrogens with zero attached hydrogens (tertiary/aromatic N) is 7. The lowest BCUT2D eigenvalue weighted by atomic mass is 9.93. The van der Waals surface area contributed by atoms with Gasteiger partial charge in [-0.15, -0.1) is 0 Å². The molecule has 0 saturated heterocycles. The number of hydrogen-bond donors (Lipinski definition) is 0. The molecule has 7 nitrogen and oxygen atoms in total. The fourth-order valence-corrected chi connectivity index (χ4v) is 18.7. The quantitative estimate of drug-likeness (QED) is 0.0851. The van der Waals surface area contributed by atoms with Crippen molar-refractivity contribution in [2.75, 3.05) is 14.7 Å². The van der Waals surface area contributed by atoms with E-state index in [2.05, 4.69) is 441 Å². The van der Waals surface area contributed by atoms with Crippen molar-refractivity contribution in [2.45, 2.75) is 19.9 Å². The molecular formula is C107H75N7. The molecule has 0 bridgehead atoms. The molecule has 22 rings (SSSR count). The number of benzene rings is 18. The zero-order chi connectivity index (χ0) is 75.5. The molecule has 4 heterocycles. The molecule has 0 atom stereocenters. The van der Waals surface area contributed by atoms with Crippen molar-refractivity contribution in [3.05, 3.63) is 412 Å². The van der Waals surface area contributed by atoms with E-state index < -0.39 is 0 Å². The summed E-state index contributed by atoms with van der Waals surface area (Å²) in [5, 5.41) is 18.5. The fourth-order valence-electron chi connectivity index (χ4n) is 18.7. The minimum absolute atomic E-state index is 0.736. The summed E-state index contributed by atoms with van der Waals surface area (Å²) in [4.78, 5) is 7.30. The van der Waals surface area contributed by atoms with E-state index in [1.165, 1.54) is 114 Å². The second kappa shape index (κ2) is 27.0. The maximum atomic E-state index is 4.33. The van der Waals surface area contributed by atoms with Crippen molar-refractivity contribution in [3.8, 4) is 17.1 Å². The average Bonchev–Trinajstić information content (AvgIpc) is 1.22. The summed E-state index contributed by atoms with van der Waals surface area (Å²) in [6, 6.07) is 141. The first-order valence-electron chi connectivity index (χ1n) is 39.4. The van der Waals surface area contributed by atoms with Crippen LogP contribution in [0.25, 0.3) is 149 Å². The zero-order valence-corrected chi connectivity index (χ0v) is 62.9. The van der Waals surface area contributed by atoms with Crippen molar-refractivity contribution in [1.29, 1.82) is 0 Å². The Kier molecular flexibility index (Phi) is 15.6. The molecule has 0 spiro atoms. The molecule has 0 saturated carbocycles. The van der Waals surface area contributed by atoms with Crippen molar-refractivity contribution in [2.24, 2.45) is 0 Å². The van der Waals surface area contributed by atoms with Crippen LogP contribution in [0, 0.1) is 0 Å². The Morgan fingerprint density at radius 1 is 0.272 bits per heavy atom. The van der Waals surface area contributed by atoms with Crippen LogP contribution in [0.5, 0.6) is 0 Å². The highest BCUT2D eigenvalue weighted by molar-refractivity contribution is 6.26. The first-order chi connectivity index (χ1) is 56.5. The van der Waals surface area contributed by atoms with Crippen LogP contribution >= 0.6 is 0 Å². The first-order valence-corrected chi connectivity index (χ1v) is 39.4. The molecule has 22 aromatic rings. The summed E-state index contributed by atoms with van der Waals surface area (Å²) in [5.74, 6) is 0. The lowest BCUT2D eigenvalue weighted by molar-refractivity contribution is 0.748. The van der Waals surface area contributed by atoms with Crippen LogP contribution in [0.15, 0.2) is 395 Å². The maximum absolute atomic E-state index is 4.33. The minimum Gasteiger partial charge on any atom is -0.340 e. The summed E-state index contributed by atoms with van der Waals surface area (Å²) in [6.07, 6.45) is 7.07. The molecule has 538 valence electrons. The Morgan fingerprint density at radius 3 is 1.26 bits per heavy atom. The van der Waals surface area contributed by atoms with Crippen LogP contribution in [0.4, 0.5) is 51.2 Å². The molecule has 18 aromatic carbocycles. The standard InChI is InChI=1S/C107H75N7/c1-3-24-87-88-35-13-17-39-99(88)112(95(87)4-2)81-55-49-78(50-56-81)109(79-51-57-82(58-52-79)113-100-40-18-14-36-89(100)90-37-15-19-41-101(90)113)80-53-59-83(60-54-80)114-102-42-20-16-38-91(102)106-74(29-23-44-104(106)114)67-68-108-96-65-61-84(110(76-30-7-5-8-31-76)98-43-22-26-71-25-11-12-34-86(71)98)69-93(96)94-70-85(62-66-97(94)108)111(77-32-9-6-10-33-77)103-64-48-75-46-45-72-27-21-28-73-47-63-92(103)107(75)105(72)73/h3-66,69-70H,2,67-68H2,1H3/b24-3-. The molecule has 0 amide bonds. The molecule has 0 unspecified atom stereocenters. The van der Waals surface area contributed by atoms with Gasteiger partial charge in [0.15, 0.2) is 0 Å². The van der Waals surface area contributed by atoms with Gasteiger partial charge in [-0.3, -0.25) is 0 Å². The molecule has 4 aromatic heterocycles. The van der Waals surface area contributed by atoms with Gasteiger partial charge in [0.05, 0.1) is 44.7 Å². The number of aromatic nitrogens is 4. The van der Waals surface area contributed by atoms with Gasteiger partial charge in [0.1, 0.15) is 0 Å². The number of para-hydroxylation sites is 6. The third-order valence-corrected chi connectivity index (χ3v) is 23.7. The summed E-state index contributed by atoms with van der Waals surface area (Å²) in [5.41, 5.74) is 24.7. The number of hydrogen-bond acceptors (Lipinski definition) is 3. The zero-order valence-electron chi connectivity index (χ0n) is 62.9. The van der Waals surface area contributed by atoms with Gasteiger partial charge >= 0.3 is 0 Å². The van der Waals surface area contributed by atoms with Gasteiger partial charge in [0.2, 0.25) is 0 Å². The Bertz CT molecular complexity index is 7490. The monoisotopic (exact) mass is 1460 g/mol. The van der Waals surface area contributed by atoms with Crippen LogP contribution in [0.1, 0.15) is 23.7 Å². The molecular weight excluding hydrogens is 1380 g/mol. The van der Waals surface area contributed by atoms with Gasteiger partial charge in [0, 0.05) is 128 Å². The normalized spacial score (nSPS) is 12.0. The highest BCUT2D eigenvalue weighted by Crippen LogP contribution is 2.49. The van der Waals surface area contributed by atoms with Gasteiger partial charge < -0.3 is 33.0 Å². The van der Waals surface area contributed by atoms with Gasteiger partial charge in [0.25, 0.3) is 0 Å². The summed E-state index contributed by atoms with van der Waals surface area (Å²) < 4.78 is 9.77. The van der Waals surface area contributed by atoms with E-state index >= 15 is 0 Å². The largest absolute Gasteiger partial charge is 0.340 e. The van der Waals surface area contributed by atoms with Crippen molar-refractivity contribution in [1.82, 2.24) is 18.3 Å². The van der Waals surface area contributed by atoms with E-state index in [0.29, 0.717) is 0 Å². The molecule has 0 radical (unpaired) electrons. The number of rotatable bonds is 17.